The summed E-state index contributed by atoms with van der Waals surface area (Å²) >= 11 is 0. The number of imide groups is 2. The summed E-state index contributed by atoms with van der Waals surface area (Å²) < 4.78 is 15.2. The molecular formula is C25H26N2O7. The minimum Gasteiger partial charge on any atom is -0.493 e. The number of carbonyl (C=O) groups excluding carboxylic acids is 4. The lowest BCUT2D eigenvalue weighted by molar-refractivity contribution is -0.143. The molecule has 0 aromatic heterocycles. The van der Waals surface area contributed by atoms with Gasteiger partial charge >= 0.3 is 12.0 Å². The number of rotatable bonds is 6. The maximum Gasteiger partial charge on any atom is 0.343 e. The topological polar surface area (TPSA) is 111 Å². The average molecular weight is 466 g/mol. The number of hydrogen-bond donors (Lipinski definition) is 1. The van der Waals surface area contributed by atoms with Crippen molar-refractivity contribution in [2.24, 2.45) is 0 Å². The predicted octanol–water partition coefficient (Wildman–Crippen LogP) is 3.21. The van der Waals surface area contributed by atoms with Crippen LogP contribution in [0, 0.1) is 0 Å². The Hall–Kier alpha value is -4.14. The molecule has 0 radical (unpaired) electrons. The maximum atomic E-state index is 13.1. The molecule has 0 unspecified atom stereocenters. The zero-order valence-corrected chi connectivity index (χ0v) is 19.6. The van der Waals surface area contributed by atoms with E-state index in [1.54, 1.807) is 24.3 Å². The third-order valence-electron chi connectivity index (χ3n) is 5.17. The molecule has 1 fully saturated rings. The van der Waals surface area contributed by atoms with Gasteiger partial charge in [-0.1, -0.05) is 39.0 Å². The molecule has 0 saturated carbocycles. The van der Waals surface area contributed by atoms with Crippen molar-refractivity contribution < 1.29 is 33.4 Å². The monoisotopic (exact) mass is 466 g/mol. The van der Waals surface area contributed by atoms with E-state index < -0.39 is 23.8 Å². The van der Waals surface area contributed by atoms with Gasteiger partial charge in [0.05, 0.1) is 19.9 Å². The summed E-state index contributed by atoms with van der Waals surface area (Å²) in [6.07, 6.45) is 1.35. The normalized spacial score (nSPS) is 15.3. The summed E-state index contributed by atoms with van der Waals surface area (Å²) in [6.45, 7) is 5.86. The maximum absolute atomic E-state index is 13.1. The summed E-state index contributed by atoms with van der Waals surface area (Å²) in [5.74, 6) is -1.54. The lowest BCUT2D eigenvalue weighted by Gasteiger charge is -2.27. The van der Waals surface area contributed by atoms with E-state index in [4.69, 9.17) is 9.47 Å². The summed E-state index contributed by atoms with van der Waals surface area (Å²) in [5.41, 5.74) is 1.52. The summed E-state index contributed by atoms with van der Waals surface area (Å²) in [5, 5.41) is 2.20. The van der Waals surface area contributed by atoms with Gasteiger partial charge in [0.25, 0.3) is 11.8 Å². The molecule has 9 heteroatoms. The summed E-state index contributed by atoms with van der Waals surface area (Å²) in [4.78, 5) is 50.3. The molecule has 0 bridgehead atoms. The Morgan fingerprint density at radius 1 is 1.00 bits per heavy atom. The van der Waals surface area contributed by atoms with Crippen LogP contribution < -0.4 is 19.7 Å². The molecule has 0 aliphatic carbocycles. The fourth-order valence-electron chi connectivity index (χ4n) is 3.26. The van der Waals surface area contributed by atoms with Crippen molar-refractivity contribution in [3.05, 3.63) is 59.2 Å². The summed E-state index contributed by atoms with van der Waals surface area (Å²) in [7, 11) is 2.66. The molecule has 1 aliphatic heterocycles. The second-order valence-corrected chi connectivity index (χ2v) is 8.53. The number of anilines is 1. The van der Waals surface area contributed by atoms with Crippen LogP contribution in [0.15, 0.2) is 48.0 Å². The van der Waals surface area contributed by atoms with Crippen LogP contribution >= 0.6 is 0 Å². The molecule has 0 spiro atoms. The Kier molecular flexibility index (Phi) is 7.05. The number of hydrogen-bond acceptors (Lipinski definition) is 7. The first-order valence-corrected chi connectivity index (χ1v) is 10.4. The van der Waals surface area contributed by atoms with E-state index in [1.165, 1.54) is 26.4 Å². The van der Waals surface area contributed by atoms with E-state index in [-0.39, 0.29) is 29.1 Å². The fraction of sp³-hybridized carbons (Fsp3) is 0.280. The van der Waals surface area contributed by atoms with Crippen LogP contribution in [0.4, 0.5) is 10.5 Å². The van der Waals surface area contributed by atoms with Crippen molar-refractivity contribution in [3.8, 4) is 11.5 Å². The molecule has 1 aliphatic rings. The molecule has 2 aromatic rings. The van der Waals surface area contributed by atoms with Gasteiger partial charge in [-0.2, -0.15) is 0 Å². The number of carbonyl (C=O) groups is 4. The van der Waals surface area contributed by atoms with Crippen LogP contribution in [-0.4, -0.2) is 44.6 Å². The number of nitrogens with zero attached hydrogens (tertiary/aromatic N) is 1. The Morgan fingerprint density at radius 3 is 2.26 bits per heavy atom. The van der Waals surface area contributed by atoms with E-state index in [0.29, 0.717) is 11.3 Å². The SMILES string of the molecule is COC(=O)COc1ccc(/C=C2/C(=O)NC(=O)N(c3ccc(C(C)(C)C)cc3)C2=O)cc1OC. The van der Waals surface area contributed by atoms with Gasteiger partial charge in [0.15, 0.2) is 18.1 Å². The number of ether oxygens (including phenoxy) is 3. The Balaban J connectivity index is 1.90. The molecule has 1 N–H and O–H groups in total. The number of urea groups is 1. The van der Waals surface area contributed by atoms with Crippen molar-refractivity contribution in [1.29, 1.82) is 0 Å². The van der Waals surface area contributed by atoms with E-state index in [1.807, 2.05) is 12.1 Å². The standard InChI is InChI=1S/C25H26N2O7/c1-25(2,3)16-7-9-17(10-8-16)27-23(30)18(22(29)26-24(27)31)12-15-6-11-19(20(13-15)32-4)34-14-21(28)33-5/h6-13H,14H2,1-5H3,(H,26,29,31)/b18-12-. The molecule has 1 heterocycles. The smallest absolute Gasteiger partial charge is 0.343 e. The molecule has 178 valence electrons. The molecule has 2 aromatic carbocycles. The van der Waals surface area contributed by atoms with E-state index in [2.05, 4.69) is 30.8 Å². The van der Waals surface area contributed by atoms with Gasteiger partial charge in [-0.15, -0.1) is 0 Å². The minimum absolute atomic E-state index is 0.0977. The zero-order chi connectivity index (χ0) is 25.0. The van der Waals surface area contributed by atoms with Crippen molar-refractivity contribution >= 4 is 35.6 Å². The Labute approximate surface area is 197 Å². The molecule has 0 atom stereocenters. The molecule has 1 saturated heterocycles. The van der Waals surface area contributed by atoms with Crippen LogP contribution in [0.1, 0.15) is 31.9 Å². The van der Waals surface area contributed by atoms with Gasteiger partial charge < -0.3 is 14.2 Å². The zero-order valence-electron chi connectivity index (χ0n) is 19.6. The quantitative estimate of drug-likeness (QED) is 0.395. The van der Waals surface area contributed by atoms with Crippen LogP contribution in [0.5, 0.6) is 11.5 Å². The highest BCUT2D eigenvalue weighted by Gasteiger charge is 2.37. The van der Waals surface area contributed by atoms with Gasteiger partial charge in [0.2, 0.25) is 0 Å². The highest BCUT2D eigenvalue weighted by Crippen LogP contribution is 2.30. The average Bonchev–Trinajstić information content (AvgIpc) is 2.80. The van der Waals surface area contributed by atoms with Crippen LogP contribution in [0.3, 0.4) is 0 Å². The first kappa shape index (κ1) is 24.5. The van der Waals surface area contributed by atoms with Crippen molar-refractivity contribution in [3.63, 3.8) is 0 Å². The second kappa shape index (κ2) is 9.78. The third-order valence-corrected chi connectivity index (χ3v) is 5.17. The van der Waals surface area contributed by atoms with Crippen LogP contribution in [-0.2, 0) is 24.5 Å². The van der Waals surface area contributed by atoms with E-state index >= 15 is 0 Å². The summed E-state index contributed by atoms with van der Waals surface area (Å²) in [6, 6.07) is 10.9. The first-order chi connectivity index (χ1) is 16.0. The van der Waals surface area contributed by atoms with Gasteiger partial charge in [-0.3, -0.25) is 14.9 Å². The molecule has 3 rings (SSSR count). The lowest BCUT2D eigenvalue weighted by Crippen LogP contribution is -2.54. The van der Waals surface area contributed by atoms with Crippen LogP contribution in [0.2, 0.25) is 0 Å². The fourth-order valence-corrected chi connectivity index (χ4v) is 3.26. The highest BCUT2D eigenvalue weighted by atomic mass is 16.6. The molecular weight excluding hydrogens is 440 g/mol. The first-order valence-electron chi connectivity index (χ1n) is 10.4. The number of benzene rings is 2. The molecule has 4 amide bonds. The molecule has 34 heavy (non-hydrogen) atoms. The Morgan fingerprint density at radius 2 is 1.68 bits per heavy atom. The van der Waals surface area contributed by atoms with Crippen molar-refractivity contribution in [2.75, 3.05) is 25.7 Å². The van der Waals surface area contributed by atoms with Crippen molar-refractivity contribution in [2.45, 2.75) is 26.2 Å². The minimum atomic E-state index is -0.820. The third kappa shape index (κ3) is 5.25. The number of barbiturate groups is 1. The predicted molar refractivity (Wildman–Crippen MR) is 125 cm³/mol. The van der Waals surface area contributed by atoms with E-state index in [9.17, 15) is 19.2 Å². The largest absolute Gasteiger partial charge is 0.493 e. The van der Waals surface area contributed by atoms with Crippen LogP contribution in [0.25, 0.3) is 6.08 Å². The Bertz CT molecular complexity index is 1160. The van der Waals surface area contributed by atoms with Crippen molar-refractivity contribution in [1.82, 2.24) is 5.32 Å². The second-order valence-electron chi connectivity index (χ2n) is 8.53. The van der Waals surface area contributed by atoms with Gasteiger partial charge in [-0.05, 0) is 46.9 Å². The van der Waals surface area contributed by atoms with Gasteiger partial charge in [-0.25, -0.2) is 14.5 Å². The highest BCUT2D eigenvalue weighted by molar-refractivity contribution is 6.39. The molecule has 9 nitrogen and oxygen atoms in total. The lowest BCUT2D eigenvalue weighted by atomic mass is 9.87. The van der Waals surface area contributed by atoms with Gasteiger partial charge in [0.1, 0.15) is 5.57 Å². The number of amides is 4. The number of methoxy groups -OCH3 is 2. The van der Waals surface area contributed by atoms with E-state index in [0.717, 1.165) is 10.5 Å². The van der Waals surface area contributed by atoms with Gasteiger partial charge in [0, 0.05) is 0 Å². The number of nitrogens with one attached hydrogen (secondary N) is 1. The number of esters is 1.